The minimum atomic E-state index is -0.319. The Kier molecular flexibility index (Phi) is 7.86. The number of urea groups is 1. The molecule has 7 nitrogen and oxygen atoms in total. The lowest BCUT2D eigenvalue weighted by molar-refractivity contribution is 0.0718. The van der Waals surface area contributed by atoms with Crippen molar-refractivity contribution in [2.75, 3.05) is 19.7 Å². The number of fused-ring (bicyclic) bond motifs is 1. The average molecular weight is 477 g/mol. The number of hydrogen-bond acceptors (Lipinski definition) is 4. The molecule has 0 spiro atoms. The van der Waals surface area contributed by atoms with E-state index in [0.717, 1.165) is 54.6 Å². The van der Waals surface area contributed by atoms with E-state index in [9.17, 15) is 14.7 Å². The summed E-state index contributed by atoms with van der Waals surface area (Å²) in [7, 11) is 0. The van der Waals surface area contributed by atoms with Crippen molar-refractivity contribution in [2.24, 2.45) is 0 Å². The zero-order valence-electron chi connectivity index (χ0n) is 21.0. The third-order valence-corrected chi connectivity index (χ3v) is 6.65. The Bertz CT molecular complexity index is 1110. The Balaban J connectivity index is 1.84. The Morgan fingerprint density at radius 2 is 1.97 bits per heavy atom. The fourth-order valence-electron chi connectivity index (χ4n) is 5.10. The quantitative estimate of drug-likeness (QED) is 0.629. The van der Waals surface area contributed by atoms with Gasteiger partial charge in [0, 0.05) is 43.4 Å². The van der Waals surface area contributed by atoms with Crippen LogP contribution in [0.4, 0.5) is 4.79 Å². The van der Waals surface area contributed by atoms with Gasteiger partial charge in [0.15, 0.2) is 0 Å². The van der Waals surface area contributed by atoms with Gasteiger partial charge in [-0.3, -0.25) is 4.79 Å². The van der Waals surface area contributed by atoms with Gasteiger partial charge in [0.25, 0.3) is 5.91 Å². The van der Waals surface area contributed by atoms with E-state index in [0.29, 0.717) is 24.4 Å². The summed E-state index contributed by atoms with van der Waals surface area (Å²) in [6.45, 7) is 7.65. The second-order valence-corrected chi connectivity index (χ2v) is 9.67. The average Bonchev–Trinajstić information content (AvgIpc) is 3.22. The molecule has 2 aliphatic heterocycles. The van der Waals surface area contributed by atoms with E-state index in [4.69, 9.17) is 4.98 Å². The number of allylic oxidation sites excluding steroid dienone is 1. The summed E-state index contributed by atoms with van der Waals surface area (Å²) in [5.74, 6) is -0.0536. The van der Waals surface area contributed by atoms with Gasteiger partial charge in [0.1, 0.15) is 5.69 Å². The van der Waals surface area contributed by atoms with Gasteiger partial charge < -0.3 is 20.2 Å². The van der Waals surface area contributed by atoms with Crippen LogP contribution in [0.3, 0.4) is 0 Å². The summed E-state index contributed by atoms with van der Waals surface area (Å²) in [5, 5.41) is 12.9. The predicted octanol–water partition coefficient (Wildman–Crippen LogP) is 4.76. The molecule has 2 aromatic rings. The van der Waals surface area contributed by atoms with E-state index in [2.05, 4.69) is 11.4 Å². The number of rotatable bonds is 6. The number of amides is 3. The van der Waals surface area contributed by atoms with Crippen LogP contribution in [-0.4, -0.2) is 57.6 Å². The van der Waals surface area contributed by atoms with Crippen LogP contribution in [-0.2, 0) is 6.54 Å². The number of hydrogen-bond donors (Lipinski definition) is 2. The molecule has 0 aliphatic carbocycles. The summed E-state index contributed by atoms with van der Waals surface area (Å²) in [5.41, 5.74) is 4.92. The molecular weight excluding hydrogens is 440 g/mol. The number of aliphatic hydroxyl groups is 1. The number of aliphatic hydroxyl groups excluding tert-OH is 1. The van der Waals surface area contributed by atoms with Crippen molar-refractivity contribution in [1.29, 1.82) is 0 Å². The smallest absolute Gasteiger partial charge is 0.318 e. The van der Waals surface area contributed by atoms with Gasteiger partial charge in [0.05, 0.1) is 11.7 Å². The summed E-state index contributed by atoms with van der Waals surface area (Å²) >= 11 is 0. The molecule has 1 saturated heterocycles. The van der Waals surface area contributed by atoms with Crippen LogP contribution in [0.25, 0.3) is 17.3 Å². The number of nitrogens with zero attached hydrogens (tertiary/aromatic N) is 3. The molecule has 3 heterocycles. The third kappa shape index (κ3) is 5.40. The molecule has 0 saturated carbocycles. The molecule has 7 heteroatoms. The molecule has 3 amide bonds. The Morgan fingerprint density at radius 3 is 2.66 bits per heavy atom. The number of likely N-dealkylation sites (tertiary alicyclic amines) is 1. The standard InChI is InChI=1S/C28H36N4O3/c1-4-9-20-10-8-11-21(16-20)26-25-22(17-23(30-26)27(34)31-13-6-5-7-14-31)18-32(24(25)12-15-33)28(35)29-19(2)3/h4,8-11,16-17,19,24,33H,5-7,12-15,18H2,1-3H3,(H,29,35)/b9-4+/t24-/m1/s1. The molecule has 186 valence electrons. The first-order valence-corrected chi connectivity index (χ1v) is 12.7. The molecule has 2 aliphatic rings. The van der Waals surface area contributed by atoms with Gasteiger partial charge in [-0.15, -0.1) is 0 Å². The van der Waals surface area contributed by atoms with Crippen molar-refractivity contribution in [1.82, 2.24) is 20.1 Å². The van der Waals surface area contributed by atoms with Crippen molar-refractivity contribution >= 4 is 18.0 Å². The number of nitrogens with one attached hydrogen (secondary N) is 1. The first kappa shape index (κ1) is 24.9. The molecule has 1 fully saturated rings. The van der Waals surface area contributed by atoms with Crippen LogP contribution in [0.2, 0.25) is 0 Å². The Labute approximate surface area is 207 Å². The van der Waals surface area contributed by atoms with Gasteiger partial charge in [-0.2, -0.15) is 0 Å². The molecule has 1 aromatic carbocycles. The highest BCUT2D eigenvalue weighted by Gasteiger charge is 2.37. The minimum Gasteiger partial charge on any atom is -0.396 e. The highest BCUT2D eigenvalue weighted by molar-refractivity contribution is 5.94. The number of piperidine rings is 1. The molecule has 0 unspecified atom stereocenters. The van der Waals surface area contributed by atoms with Crippen LogP contribution >= 0.6 is 0 Å². The molecular formula is C28H36N4O3. The maximum atomic E-state index is 13.4. The van der Waals surface area contributed by atoms with Gasteiger partial charge in [0.2, 0.25) is 0 Å². The SMILES string of the molecule is C/C=C/c1cccc(-c2nc(C(=O)N3CCCCC3)cc3c2[C@@H](CCO)N(C(=O)NC(C)C)C3)c1. The van der Waals surface area contributed by atoms with Crippen LogP contribution in [0, 0.1) is 0 Å². The maximum absolute atomic E-state index is 13.4. The number of carbonyl (C=O) groups is 2. The van der Waals surface area contributed by atoms with E-state index in [1.165, 1.54) is 0 Å². The number of aromatic nitrogens is 1. The van der Waals surface area contributed by atoms with Crippen molar-refractivity contribution in [2.45, 2.75) is 65.1 Å². The van der Waals surface area contributed by atoms with Gasteiger partial charge in [-0.25, -0.2) is 9.78 Å². The van der Waals surface area contributed by atoms with E-state index >= 15 is 0 Å². The van der Waals surface area contributed by atoms with Gasteiger partial charge in [-0.05, 0) is 69.7 Å². The fraction of sp³-hybridized carbons (Fsp3) is 0.464. The number of carbonyl (C=O) groups excluding carboxylic acids is 2. The lowest BCUT2D eigenvalue weighted by Crippen LogP contribution is -2.42. The molecule has 1 aromatic heterocycles. The normalized spacial score (nSPS) is 17.8. The summed E-state index contributed by atoms with van der Waals surface area (Å²) in [6, 6.07) is 9.43. The second kappa shape index (κ2) is 11.0. The topological polar surface area (TPSA) is 85.8 Å². The van der Waals surface area contributed by atoms with E-state index in [-0.39, 0.29) is 30.6 Å². The summed E-state index contributed by atoms with van der Waals surface area (Å²) < 4.78 is 0. The van der Waals surface area contributed by atoms with E-state index in [1.54, 1.807) is 4.90 Å². The first-order chi connectivity index (χ1) is 16.9. The summed E-state index contributed by atoms with van der Waals surface area (Å²) in [4.78, 5) is 35.1. The van der Waals surface area contributed by atoms with Crippen LogP contribution < -0.4 is 5.32 Å². The first-order valence-electron chi connectivity index (χ1n) is 12.7. The lowest BCUT2D eigenvalue weighted by Gasteiger charge is -2.27. The van der Waals surface area contributed by atoms with Crippen molar-refractivity contribution in [3.63, 3.8) is 0 Å². The third-order valence-electron chi connectivity index (χ3n) is 6.65. The van der Waals surface area contributed by atoms with Crippen molar-refractivity contribution in [3.05, 3.63) is 58.8 Å². The van der Waals surface area contributed by atoms with Gasteiger partial charge >= 0.3 is 6.03 Å². The largest absolute Gasteiger partial charge is 0.396 e. The Morgan fingerprint density at radius 1 is 1.20 bits per heavy atom. The molecule has 0 bridgehead atoms. The highest BCUT2D eigenvalue weighted by Crippen LogP contribution is 2.42. The molecule has 1 atom stereocenters. The molecule has 4 rings (SSSR count). The molecule has 0 radical (unpaired) electrons. The lowest BCUT2D eigenvalue weighted by atomic mass is 9.94. The number of benzene rings is 1. The van der Waals surface area contributed by atoms with Crippen molar-refractivity contribution < 1.29 is 14.7 Å². The predicted molar refractivity (Wildman–Crippen MR) is 138 cm³/mol. The molecule has 35 heavy (non-hydrogen) atoms. The Hall–Kier alpha value is -3.19. The van der Waals surface area contributed by atoms with Gasteiger partial charge in [-0.1, -0.05) is 30.4 Å². The zero-order valence-corrected chi connectivity index (χ0v) is 21.0. The summed E-state index contributed by atoms with van der Waals surface area (Å²) in [6.07, 6.45) is 7.58. The van der Waals surface area contributed by atoms with Crippen molar-refractivity contribution in [3.8, 4) is 11.3 Å². The van der Waals surface area contributed by atoms with Crippen LogP contribution in [0.15, 0.2) is 36.4 Å². The second-order valence-electron chi connectivity index (χ2n) is 9.67. The highest BCUT2D eigenvalue weighted by atomic mass is 16.3. The zero-order chi connectivity index (χ0) is 24.9. The fourth-order valence-corrected chi connectivity index (χ4v) is 5.10. The monoisotopic (exact) mass is 476 g/mol. The number of pyridine rings is 1. The van der Waals surface area contributed by atoms with Crippen LogP contribution in [0.1, 0.15) is 79.7 Å². The van der Waals surface area contributed by atoms with E-state index in [1.807, 2.05) is 62.1 Å². The van der Waals surface area contributed by atoms with Crippen LogP contribution in [0.5, 0.6) is 0 Å². The minimum absolute atomic E-state index is 0.00710. The maximum Gasteiger partial charge on any atom is 0.318 e. The molecule has 2 N–H and O–H groups in total. The van der Waals surface area contributed by atoms with E-state index < -0.39 is 0 Å².